The van der Waals surface area contributed by atoms with Crippen LogP contribution >= 0.6 is 0 Å². The van der Waals surface area contributed by atoms with E-state index in [2.05, 4.69) is 0 Å². The minimum atomic E-state index is -0.269. The normalized spacial score (nSPS) is 19.8. The number of carbonyl (C=O) groups excluding carboxylic acids is 2. The van der Waals surface area contributed by atoms with E-state index < -0.39 is 0 Å². The Kier molecular flexibility index (Phi) is 6.32. The molecule has 4 N–H and O–H groups in total. The van der Waals surface area contributed by atoms with E-state index in [1.807, 2.05) is 0 Å². The molecule has 2 fully saturated rings. The molecular formula is C12H24N4O2. The first-order valence-electron chi connectivity index (χ1n) is 6.70. The van der Waals surface area contributed by atoms with Crippen molar-refractivity contribution < 1.29 is 9.59 Å². The molecular weight excluding hydrogens is 232 g/mol. The molecule has 18 heavy (non-hydrogen) atoms. The Balaban J connectivity index is 0.000000180. The van der Waals surface area contributed by atoms with Gasteiger partial charge in [-0.15, -0.1) is 0 Å². The van der Waals surface area contributed by atoms with Crippen LogP contribution in [0, 0.1) is 0 Å². The highest BCUT2D eigenvalue weighted by molar-refractivity contribution is 5.72. The summed E-state index contributed by atoms with van der Waals surface area (Å²) in [7, 11) is 0. The summed E-state index contributed by atoms with van der Waals surface area (Å²) in [6, 6.07) is -0.538. The molecule has 0 radical (unpaired) electrons. The predicted molar refractivity (Wildman–Crippen MR) is 70.0 cm³/mol. The summed E-state index contributed by atoms with van der Waals surface area (Å²) in [5.74, 6) is 0. The van der Waals surface area contributed by atoms with E-state index in [1.54, 1.807) is 9.80 Å². The van der Waals surface area contributed by atoms with Crippen molar-refractivity contribution in [1.82, 2.24) is 9.80 Å². The van der Waals surface area contributed by atoms with E-state index in [4.69, 9.17) is 11.5 Å². The molecule has 2 aliphatic rings. The molecule has 2 aliphatic heterocycles. The summed E-state index contributed by atoms with van der Waals surface area (Å²) < 4.78 is 0. The van der Waals surface area contributed by atoms with Crippen molar-refractivity contribution in [3.63, 3.8) is 0 Å². The summed E-state index contributed by atoms with van der Waals surface area (Å²) in [6.45, 7) is 3.43. The molecule has 0 atom stereocenters. The Labute approximate surface area is 108 Å². The quantitative estimate of drug-likeness (QED) is 0.679. The maximum Gasteiger partial charge on any atom is 0.314 e. The van der Waals surface area contributed by atoms with Crippen LogP contribution in [0.1, 0.15) is 38.5 Å². The van der Waals surface area contributed by atoms with Crippen molar-refractivity contribution >= 4 is 12.1 Å². The third-order valence-electron chi connectivity index (χ3n) is 3.34. The van der Waals surface area contributed by atoms with Crippen LogP contribution in [0.3, 0.4) is 0 Å². The fourth-order valence-electron chi connectivity index (χ4n) is 2.23. The summed E-state index contributed by atoms with van der Waals surface area (Å²) >= 11 is 0. The van der Waals surface area contributed by atoms with E-state index in [0.717, 1.165) is 51.9 Å². The number of hydrogen-bond donors (Lipinski definition) is 2. The number of likely N-dealkylation sites (tertiary alicyclic amines) is 2. The van der Waals surface area contributed by atoms with Gasteiger partial charge in [0.05, 0.1) is 0 Å². The van der Waals surface area contributed by atoms with Crippen LogP contribution in [-0.4, -0.2) is 48.0 Å². The molecule has 6 nitrogen and oxygen atoms in total. The number of amides is 4. The molecule has 2 heterocycles. The second-order valence-electron chi connectivity index (χ2n) is 4.77. The van der Waals surface area contributed by atoms with Gasteiger partial charge in [0.15, 0.2) is 0 Å². The molecule has 2 saturated heterocycles. The first-order valence-corrected chi connectivity index (χ1v) is 6.70. The Morgan fingerprint density at radius 1 is 0.611 bits per heavy atom. The van der Waals surface area contributed by atoms with Gasteiger partial charge in [0.2, 0.25) is 0 Å². The van der Waals surface area contributed by atoms with E-state index in [1.165, 1.54) is 12.8 Å². The van der Waals surface area contributed by atoms with Crippen molar-refractivity contribution in [3.8, 4) is 0 Å². The topological polar surface area (TPSA) is 92.7 Å². The molecule has 2 rings (SSSR count). The van der Waals surface area contributed by atoms with Crippen molar-refractivity contribution in [1.29, 1.82) is 0 Å². The number of primary amides is 2. The highest BCUT2D eigenvalue weighted by Gasteiger charge is 2.12. The Morgan fingerprint density at radius 3 is 1.06 bits per heavy atom. The zero-order valence-corrected chi connectivity index (χ0v) is 10.9. The Morgan fingerprint density at radius 2 is 0.889 bits per heavy atom. The lowest BCUT2D eigenvalue weighted by Gasteiger charge is -2.24. The largest absolute Gasteiger partial charge is 0.351 e. The third-order valence-corrected chi connectivity index (χ3v) is 3.34. The van der Waals surface area contributed by atoms with Crippen LogP contribution < -0.4 is 11.5 Å². The number of carbonyl (C=O) groups is 2. The van der Waals surface area contributed by atoms with Gasteiger partial charge >= 0.3 is 12.1 Å². The molecule has 0 saturated carbocycles. The number of urea groups is 2. The van der Waals surface area contributed by atoms with Gasteiger partial charge in [-0.05, 0) is 38.5 Å². The fourth-order valence-corrected chi connectivity index (χ4v) is 2.23. The number of rotatable bonds is 0. The first-order chi connectivity index (χ1) is 8.61. The second kappa shape index (κ2) is 7.79. The monoisotopic (exact) mass is 256 g/mol. The van der Waals surface area contributed by atoms with Gasteiger partial charge in [0.1, 0.15) is 0 Å². The van der Waals surface area contributed by atoms with E-state index in [-0.39, 0.29) is 12.1 Å². The summed E-state index contributed by atoms with van der Waals surface area (Å²) in [4.78, 5) is 24.4. The maximum absolute atomic E-state index is 10.5. The second-order valence-corrected chi connectivity index (χ2v) is 4.77. The molecule has 0 aromatic heterocycles. The molecule has 6 heteroatoms. The Hall–Kier alpha value is -1.46. The van der Waals surface area contributed by atoms with Crippen LogP contribution in [0.25, 0.3) is 0 Å². The average molecular weight is 256 g/mol. The van der Waals surface area contributed by atoms with Crippen molar-refractivity contribution in [3.05, 3.63) is 0 Å². The zero-order valence-electron chi connectivity index (χ0n) is 10.9. The third kappa shape index (κ3) is 5.25. The zero-order chi connectivity index (χ0) is 13.4. The number of nitrogens with zero attached hydrogens (tertiary/aromatic N) is 2. The molecule has 0 aliphatic carbocycles. The molecule has 0 unspecified atom stereocenters. The van der Waals surface area contributed by atoms with Gasteiger partial charge in [0.25, 0.3) is 0 Å². The summed E-state index contributed by atoms with van der Waals surface area (Å²) in [5.41, 5.74) is 10.1. The van der Waals surface area contributed by atoms with E-state index >= 15 is 0 Å². The van der Waals surface area contributed by atoms with Crippen molar-refractivity contribution in [2.45, 2.75) is 38.5 Å². The maximum atomic E-state index is 10.5. The van der Waals surface area contributed by atoms with Gasteiger partial charge < -0.3 is 21.3 Å². The van der Waals surface area contributed by atoms with Crippen molar-refractivity contribution in [2.24, 2.45) is 11.5 Å². The smallest absolute Gasteiger partial charge is 0.314 e. The lowest BCUT2D eigenvalue weighted by molar-refractivity contribution is 0.195. The number of piperidine rings is 2. The van der Waals surface area contributed by atoms with Crippen LogP contribution in [0.2, 0.25) is 0 Å². The molecule has 0 spiro atoms. The number of nitrogens with two attached hydrogens (primary N) is 2. The van der Waals surface area contributed by atoms with Crippen molar-refractivity contribution in [2.75, 3.05) is 26.2 Å². The predicted octanol–water partition coefficient (Wildman–Crippen LogP) is 1.10. The standard InChI is InChI=1S/2C6H12N2O/c2*7-6(9)8-4-2-1-3-5-8/h2*1-5H2,(H2,7,9). The summed E-state index contributed by atoms with van der Waals surface area (Å²) in [5, 5.41) is 0. The van der Waals surface area contributed by atoms with Crippen LogP contribution in [0.4, 0.5) is 9.59 Å². The fraction of sp³-hybridized carbons (Fsp3) is 0.833. The van der Waals surface area contributed by atoms with E-state index in [0.29, 0.717) is 0 Å². The molecule has 4 amide bonds. The van der Waals surface area contributed by atoms with Gasteiger partial charge in [-0.1, -0.05) is 0 Å². The highest BCUT2D eigenvalue weighted by Crippen LogP contribution is 2.07. The number of hydrogen-bond acceptors (Lipinski definition) is 2. The molecule has 0 bridgehead atoms. The molecule has 104 valence electrons. The Bertz CT molecular complexity index is 243. The average Bonchev–Trinajstić information content (AvgIpc) is 2.41. The van der Waals surface area contributed by atoms with Crippen LogP contribution in [0.5, 0.6) is 0 Å². The van der Waals surface area contributed by atoms with Gasteiger partial charge in [-0.2, -0.15) is 0 Å². The lowest BCUT2D eigenvalue weighted by atomic mass is 10.1. The van der Waals surface area contributed by atoms with Gasteiger partial charge in [-0.25, -0.2) is 9.59 Å². The van der Waals surface area contributed by atoms with E-state index in [9.17, 15) is 9.59 Å². The minimum absolute atomic E-state index is 0.269. The molecule has 0 aromatic carbocycles. The van der Waals surface area contributed by atoms with Crippen LogP contribution in [0.15, 0.2) is 0 Å². The van der Waals surface area contributed by atoms with Gasteiger partial charge in [-0.3, -0.25) is 0 Å². The lowest BCUT2D eigenvalue weighted by Crippen LogP contribution is -2.39. The SMILES string of the molecule is NC(=O)N1CCCCC1.NC(=O)N1CCCCC1. The van der Waals surface area contributed by atoms with Crippen LogP contribution in [-0.2, 0) is 0 Å². The van der Waals surface area contributed by atoms with Gasteiger partial charge in [0, 0.05) is 26.2 Å². The first kappa shape index (κ1) is 14.6. The minimum Gasteiger partial charge on any atom is -0.351 e. The highest BCUT2D eigenvalue weighted by atomic mass is 16.2. The molecule has 0 aromatic rings. The summed E-state index contributed by atoms with van der Waals surface area (Å²) in [6.07, 6.45) is 6.94.